The third-order valence-corrected chi connectivity index (χ3v) is 6.15. The van der Waals surface area contributed by atoms with Crippen molar-refractivity contribution in [3.05, 3.63) is 51.2 Å². The van der Waals surface area contributed by atoms with Gasteiger partial charge in [-0.25, -0.2) is 4.79 Å². The standard InChI is InChI=1S/C22H27NO4S/c1-4-26-18-8-6-16(7-9-18)13-23(3)21(24)14-27-22(25)20-12-17-11-15(2)5-10-19(17)28-20/h6-9,12,15H,4-5,10-11,13-14H2,1-3H3/t15-/m0/s1. The molecule has 0 saturated heterocycles. The van der Waals surface area contributed by atoms with Gasteiger partial charge in [-0.2, -0.15) is 0 Å². The second-order valence-electron chi connectivity index (χ2n) is 7.31. The van der Waals surface area contributed by atoms with Crippen LogP contribution in [0.4, 0.5) is 0 Å². The summed E-state index contributed by atoms with van der Waals surface area (Å²) in [5.74, 6) is 0.832. The van der Waals surface area contributed by atoms with Crippen molar-refractivity contribution < 1.29 is 19.1 Å². The molecule has 1 aromatic heterocycles. The summed E-state index contributed by atoms with van der Waals surface area (Å²) in [6.45, 7) is 5.00. The van der Waals surface area contributed by atoms with E-state index in [0.29, 0.717) is 23.9 Å². The lowest BCUT2D eigenvalue weighted by Gasteiger charge is -2.17. The number of rotatable bonds is 7. The summed E-state index contributed by atoms with van der Waals surface area (Å²) >= 11 is 1.50. The molecule has 1 aliphatic carbocycles. The number of carbonyl (C=O) groups is 2. The van der Waals surface area contributed by atoms with Gasteiger partial charge in [-0.15, -0.1) is 11.3 Å². The molecule has 1 amide bonds. The zero-order valence-corrected chi connectivity index (χ0v) is 17.5. The van der Waals surface area contributed by atoms with Gasteiger partial charge in [0.2, 0.25) is 0 Å². The van der Waals surface area contributed by atoms with Crippen LogP contribution in [0.5, 0.6) is 5.75 Å². The van der Waals surface area contributed by atoms with E-state index in [1.54, 1.807) is 11.9 Å². The Balaban J connectivity index is 1.49. The number of nitrogens with zero attached hydrogens (tertiary/aromatic N) is 1. The maximum absolute atomic E-state index is 12.3. The summed E-state index contributed by atoms with van der Waals surface area (Å²) in [7, 11) is 1.71. The van der Waals surface area contributed by atoms with Gasteiger partial charge in [0.1, 0.15) is 10.6 Å². The lowest BCUT2D eigenvalue weighted by atomic mass is 9.90. The Morgan fingerprint density at radius 3 is 2.71 bits per heavy atom. The SMILES string of the molecule is CCOc1ccc(CN(C)C(=O)COC(=O)c2cc3c(s2)CC[C@H](C)C3)cc1. The Bertz CT molecular complexity index is 828. The van der Waals surface area contributed by atoms with Gasteiger partial charge < -0.3 is 14.4 Å². The van der Waals surface area contributed by atoms with Crippen LogP contribution >= 0.6 is 11.3 Å². The quantitative estimate of drug-likeness (QED) is 0.656. The van der Waals surface area contributed by atoms with Crippen LogP contribution in [0.25, 0.3) is 0 Å². The van der Waals surface area contributed by atoms with Crippen LogP contribution in [-0.4, -0.2) is 37.0 Å². The number of benzene rings is 1. The molecule has 1 atom stereocenters. The summed E-state index contributed by atoms with van der Waals surface area (Å²) < 4.78 is 10.7. The van der Waals surface area contributed by atoms with Gasteiger partial charge >= 0.3 is 5.97 Å². The minimum atomic E-state index is -0.408. The molecule has 0 radical (unpaired) electrons. The molecule has 6 heteroatoms. The first-order chi connectivity index (χ1) is 13.5. The molecular weight excluding hydrogens is 374 g/mol. The van der Waals surface area contributed by atoms with Gasteiger partial charge in [-0.1, -0.05) is 19.1 Å². The molecular formula is C22H27NO4S. The normalized spacial score (nSPS) is 15.6. The summed E-state index contributed by atoms with van der Waals surface area (Å²) in [5, 5.41) is 0. The fourth-order valence-electron chi connectivity index (χ4n) is 3.33. The minimum absolute atomic E-state index is 0.225. The molecule has 0 aliphatic heterocycles. The number of esters is 1. The van der Waals surface area contributed by atoms with Crippen LogP contribution in [-0.2, 0) is 28.9 Å². The molecule has 0 fully saturated rings. The van der Waals surface area contributed by atoms with Gasteiger partial charge in [0.25, 0.3) is 5.91 Å². The highest BCUT2D eigenvalue weighted by Crippen LogP contribution is 2.32. The number of likely N-dealkylation sites (N-methyl/N-ethyl adjacent to an activating group) is 1. The van der Waals surface area contributed by atoms with Crippen molar-refractivity contribution in [2.24, 2.45) is 5.92 Å². The fourth-order valence-corrected chi connectivity index (χ4v) is 4.44. The highest BCUT2D eigenvalue weighted by atomic mass is 32.1. The summed E-state index contributed by atoms with van der Waals surface area (Å²) in [6, 6.07) is 9.56. The molecule has 1 aliphatic rings. The predicted molar refractivity (Wildman–Crippen MR) is 110 cm³/mol. The van der Waals surface area contributed by atoms with E-state index in [1.165, 1.54) is 21.8 Å². The second kappa shape index (κ2) is 9.24. The van der Waals surface area contributed by atoms with Crippen molar-refractivity contribution in [2.45, 2.75) is 39.7 Å². The maximum atomic E-state index is 12.3. The molecule has 0 spiro atoms. The van der Waals surface area contributed by atoms with E-state index in [2.05, 4.69) is 6.92 Å². The molecule has 1 heterocycles. The molecule has 0 bridgehead atoms. The zero-order chi connectivity index (χ0) is 20.1. The van der Waals surface area contributed by atoms with Gasteiger partial charge in [0, 0.05) is 18.5 Å². The van der Waals surface area contributed by atoms with E-state index in [9.17, 15) is 9.59 Å². The van der Waals surface area contributed by atoms with Crippen LogP contribution in [0.1, 0.15) is 45.9 Å². The number of aryl methyl sites for hydroxylation is 1. The van der Waals surface area contributed by atoms with E-state index < -0.39 is 5.97 Å². The van der Waals surface area contributed by atoms with Crippen molar-refractivity contribution in [3.63, 3.8) is 0 Å². The molecule has 0 N–H and O–H groups in total. The number of hydrogen-bond donors (Lipinski definition) is 0. The van der Waals surface area contributed by atoms with Crippen molar-refractivity contribution in [3.8, 4) is 5.75 Å². The molecule has 5 nitrogen and oxygen atoms in total. The first-order valence-electron chi connectivity index (χ1n) is 9.70. The average Bonchev–Trinajstić information content (AvgIpc) is 3.10. The minimum Gasteiger partial charge on any atom is -0.494 e. The number of amides is 1. The number of ether oxygens (including phenoxy) is 2. The van der Waals surface area contributed by atoms with Crippen molar-refractivity contribution in [1.29, 1.82) is 0 Å². The number of carbonyl (C=O) groups excluding carboxylic acids is 2. The van der Waals surface area contributed by atoms with Crippen LogP contribution < -0.4 is 4.74 Å². The zero-order valence-electron chi connectivity index (χ0n) is 16.7. The average molecular weight is 402 g/mol. The van der Waals surface area contributed by atoms with Crippen LogP contribution in [0.3, 0.4) is 0 Å². The number of hydrogen-bond acceptors (Lipinski definition) is 5. The largest absolute Gasteiger partial charge is 0.494 e. The first-order valence-corrected chi connectivity index (χ1v) is 10.5. The summed E-state index contributed by atoms with van der Waals surface area (Å²) in [4.78, 5) is 28.1. The van der Waals surface area contributed by atoms with Crippen molar-refractivity contribution in [1.82, 2.24) is 4.90 Å². The Morgan fingerprint density at radius 1 is 1.25 bits per heavy atom. The Labute approximate surface area is 170 Å². The molecule has 0 unspecified atom stereocenters. The van der Waals surface area contributed by atoms with Crippen LogP contribution in [0.15, 0.2) is 30.3 Å². The fraction of sp³-hybridized carbons (Fsp3) is 0.455. The molecule has 3 rings (SSSR count). The van der Waals surface area contributed by atoms with E-state index in [0.717, 1.165) is 30.6 Å². The van der Waals surface area contributed by atoms with Crippen molar-refractivity contribution >= 4 is 23.2 Å². The van der Waals surface area contributed by atoms with E-state index in [1.807, 2.05) is 37.3 Å². The molecule has 0 saturated carbocycles. The van der Waals surface area contributed by atoms with Gasteiger partial charge in [0.15, 0.2) is 6.61 Å². The van der Waals surface area contributed by atoms with E-state index in [-0.39, 0.29) is 12.5 Å². The molecule has 2 aromatic rings. The Morgan fingerprint density at radius 2 is 2.00 bits per heavy atom. The van der Waals surface area contributed by atoms with E-state index in [4.69, 9.17) is 9.47 Å². The smallest absolute Gasteiger partial charge is 0.348 e. The Hall–Kier alpha value is -2.34. The highest BCUT2D eigenvalue weighted by molar-refractivity contribution is 7.14. The first kappa shape index (κ1) is 20.4. The van der Waals surface area contributed by atoms with E-state index >= 15 is 0 Å². The van der Waals surface area contributed by atoms with Gasteiger partial charge in [-0.05, 0) is 61.4 Å². The number of fused-ring (bicyclic) bond motifs is 1. The third-order valence-electron chi connectivity index (χ3n) is 4.94. The maximum Gasteiger partial charge on any atom is 0.348 e. The molecule has 1 aromatic carbocycles. The molecule has 150 valence electrons. The Kier molecular flexibility index (Phi) is 6.73. The van der Waals surface area contributed by atoms with Crippen LogP contribution in [0.2, 0.25) is 0 Å². The molecule has 28 heavy (non-hydrogen) atoms. The van der Waals surface area contributed by atoms with Gasteiger partial charge in [0.05, 0.1) is 6.61 Å². The highest BCUT2D eigenvalue weighted by Gasteiger charge is 2.22. The summed E-state index contributed by atoms with van der Waals surface area (Å²) in [6.07, 6.45) is 3.21. The predicted octanol–water partition coefficient (Wildman–Crippen LogP) is 4.09. The lowest BCUT2D eigenvalue weighted by molar-refractivity contribution is -0.133. The van der Waals surface area contributed by atoms with Gasteiger partial charge in [-0.3, -0.25) is 4.79 Å². The van der Waals surface area contributed by atoms with Crippen LogP contribution in [0, 0.1) is 5.92 Å². The summed E-state index contributed by atoms with van der Waals surface area (Å²) in [5.41, 5.74) is 2.25. The third kappa shape index (κ3) is 5.13. The van der Waals surface area contributed by atoms with Crippen molar-refractivity contribution in [2.75, 3.05) is 20.3 Å². The second-order valence-corrected chi connectivity index (χ2v) is 8.45. The number of thiophene rings is 1. The monoisotopic (exact) mass is 401 g/mol. The topological polar surface area (TPSA) is 55.8 Å². The lowest BCUT2D eigenvalue weighted by Crippen LogP contribution is -2.30.